The lowest BCUT2D eigenvalue weighted by Crippen LogP contribution is -2.25. The molecular formula is C10H13IN2S. The third-order valence-electron chi connectivity index (χ3n) is 2.50. The number of nitrogens with two attached hydrogens (primary N) is 1. The Morgan fingerprint density at radius 2 is 2.07 bits per heavy atom. The molecule has 3 atom stereocenters. The molecule has 4 heteroatoms. The Kier molecular flexibility index (Phi) is 3.70. The van der Waals surface area contributed by atoms with Crippen molar-refractivity contribution in [2.24, 2.45) is 11.7 Å². The van der Waals surface area contributed by atoms with Gasteiger partial charge in [0.25, 0.3) is 0 Å². The number of hydrogen-bond acceptors (Lipinski definition) is 3. The lowest BCUT2D eigenvalue weighted by Gasteiger charge is -2.18. The fourth-order valence-corrected chi connectivity index (χ4v) is 3.86. The number of rotatable bonds is 2. The predicted molar refractivity (Wildman–Crippen MR) is 70.3 cm³/mol. The number of hydrogen-bond donors (Lipinski definition) is 2. The molecule has 76 valence electrons. The van der Waals surface area contributed by atoms with E-state index >= 15 is 0 Å². The normalized spacial score (nSPS) is 32.0. The van der Waals surface area contributed by atoms with Crippen molar-refractivity contribution in [2.75, 3.05) is 6.54 Å². The molecule has 0 aromatic heterocycles. The summed E-state index contributed by atoms with van der Waals surface area (Å²) in [5, 5.41) is 0. The third-order valence-corrected chi connectivity index (χ3v) is 5.15. The summed E-state index contributed by atoms with van der Waals surface area (Å²) in [5.41, 5.74) is 7.14. The van der Waals surface area contributed by atoms with Gasteiger partial charge in [-0.2, -0.15) is 0 Å². The monoisotopic (exact) mass is 320 g/mol. The van der Waals surface area contributed by atoms with E-state index in [0.717, 1.165) is 6.54 Å². The fraction of sp³-hybridized carbons (Fsp3) is 0.400. The molecule has 0 bridgehead atoms. The molecule has 1 aromatic rings. The summed E-state index contributed by atoms with van der Waals surface area (Å²) in [7, 11) is 0. The molecule has 1 aromatic carbocycles. The maximum atomic E-state index is 5.79. The van der Waals surface area contributed by atoms with Crippen LogP contribution in [0.1, 0.15) is 11.6 Å². The molecular weight excluding hydrogens is 307 g/mol. The largest absolute Gasteiger partial charge is 0.330 e. The minimum absolute atomic E-state index is 0.410. The van der Waals surface area contributed by atoms with Crippen LogP contribution in [0.3, 0.4) is 0 Å². The molecule has 1 aliphatic rings. The van der Waals surface area contributed by atoms with E-state index in [2.05, 4.69) is 51.6 Å². The predicted octanol–water partition coefficient (Wildman–Crippen LogP) is 2.32. The van der Waals surface area contributed by atoms with E-state index in [1.54, 1.807) is 11.9 Å². The Balaban J connectivity index is 2.19. The summed E-state index contributed by atoms with van der Waals surface area (Å²) in [5.74, 6) is 0.531. The van der Waals surface area contributed by atoms with E-state index in [0.29, 0.717) is 15.2 Å². The molecule has 0 amide bonds. The fourth-order valence-electron chi connectivity index (χ4n) is 1.68. The van der Waals surface area contributed by atoms with E-state index in [1.165, 1.54) is 5.56 Å². The van der Waals surface area contributed by atoms with Crippen LogP contribution in [0.15, 0.2) is 30.3 Å². The summed E-state index contributed by atoms with van der Waals surface area (Å²) in [6, 6.07) is 10.9. The van der Waals surface area contributed by atoms with Gasteiger partial charge >= 0.3 is 0 Å². The Hall–Kier alpha value is 0.220. The second kappa shape index (κ2) is 4.83. The molecule has 14 heavy (non-hydrogen) atoms. The minimum atomic E-state index is 0.410. The molecule has 1 aliphatic heterocycles. The average molecular weight is 320 g/mol. The van der Waals surface area contributed by atoms with Crippen molar-refractivity contribution in [2.45, 2.75) is 9.30 Å². The quantitative estimate of drug-likeness (QED) is 0.499. The van der Waals surface area contributed by atoms with Crippen LogP contribution >= 0.6 is 34.5 Å². The molecule has 3 N–H and O–H groups in total. The molecule has 2 nitrogen and oxygen atoms in total. The Morgan fingerprint density at radius 3 is 2.71 bits per heavy atom. The van der Waals surface area contributed by atoms with E-state index in [9.17, 15) is 0 Å². The zero-order valence-corrected chi connectivity index (χ0v) is 10.7. The van der Waals surface area contributed by atoms with Gasteiger partial charge in [0.1, 0.15) is 0 Å². The van der Waals surface area contributed by atoms with Crippen LogP contribution in [0.4, 0.5) is 0 Å². The topological polar surface area (TPSA) is 38.0 Å². The highest BCUT2D eigenvalue weighted by Gasteiger charge is 2.34. The number of benzene rings is 1. The van der Waals surface area contributed by atoms with Crippen LogP contribution in [0.2, 0.25) is 0 Å². The van der Waals surface area contributed by atoms with Gasteiger partial charge in [-0.1, -0.05) is 64.9 Å². The van der Waals surface area contributed by atoms with Crippen LogP contribution in [0.5, 0.6) is 0 Å². The smallest absolute Gasteiger partial charge is 0.0768 e. The Morgan fingerprint density at radius 1 is 1.36 bits per heavy atom. The van der Waals surface area contributed by atoms with Gasteiger partial charge in [0.05, 0.1) is 3.26 Å². The van der Waals surface area contributed by atoms with Crippen LogP contribution in [0, 0.1) is 5.92 Å². The minimum Gasteiger partial charge on any atom is -0.330 e. The zero-order chi connectivity index (χ0) is 9.97. The lowest BCUT2D eigenvalue weighted by atomic mass is 9.96. The molecule has 3 unspecified atom stereocenters. The molecule has 0 aliphatic carbocycles. The summed E-state index contributed by atoms with van der Waals surface area (Å²) < 4.78 is 4.02. The second-order valence-corrected chi connectivity index (χ2v) is 6.54. The molecule has 0 radical (unpaired) electrons. The molecule has 0 saturated carbocycles. The van der Waals surface area contributed by atoms with Crippen molar-refractivity contribution in [3.63, 3.8) is 0 Å². The average Bonchev–Trinajstić information content (AvgIpc) is 2.61. The van der Waals surface area contributed by atoms with Crippen LogP contribution in [-0.4, -0.2) is 9.80 Å². The van der Waals surface area contributed by atoms with Crippen molar-refractivity contribution >= 4 is 34.5 Å². The van der Waals surface area contributed by atoms with Crippen molar-refractivity contribution in [1.29, 1.82) is 0 Å². The summed E-state index contributed by atoms with van der Waals surface area (Å²) in [4.78, 5) is 0. The van der Waals surface area contributed by atoms with Crippen molar-refractivity contribution in [3.05, 3.63) is 35.9 Å². The van der Waals surface area contributed by atoms with Gasteiger partial charge in [-0.15, -0.1) is 0 Å². The van der Waals surface area contributed by atoms with E-state index in [1.807, 2.05) is 6.07 Å². The van der Waals surface area contributed by atoms with E-state index in [4.69, 9.17) is 5.73 Å². The van der Waals surface area contributed by atoms with Gasteiger partial charge < -0.3 is 5.73 Å². The van der Waals surface area contributed by atoms with Crippen LogP contribution in [0.25, 0.3) is 0 Å². The molecule has 2 rings (SSSR count). The highest BCUT2D eigenvalue weighted by Crippen LogP contribution is 2.41. The van der Waals surface area contributed by atoms with Gasteiger partial charge in [-0.05, 0) is 12.1 Å². The SMILES string of the molecule is NCC1C(I)SNC1c1ccccc1. The van der Waals surface area contributed by atoms with Gasteiger partial charge in [0.2, 0.25) is 0 Å². The first-order valence-electron chi connectivity index (χ1n) is 4.63. The standard InChI is InChI=1S/C10H13IN2S/c11-10-8(6-12)9(13-14-10)7-4-2-1-3-5-7/h1-5,8-10,13H,6,12H2. The maximum absolute atomic E-state index is 5.79. The number of alkyl halides is 1. The molecule has 1 saturated heterocycles. The van der Waals surface area contributed by atoms with E-state index < -0.39 is 0 Å². The zero-order valence-electron chi connectivity index (χ0n) is 7.69. The Bertz CT molecular complexity index is 293. The highest BCUT2D eigenvalue weighted by atomic mass is 127. The maximum Gasteiger partial charge on any atom is 0.0768 e. The number of nitrogens with one attached hydrogen (secondary N) is 1. The first-order chi connectivity index (χ1) is 6.83. The second-order valence-electron chi connectivity index (χ2n) is 3.37. The lowest BCUT2D eigenvalue weighted by molar-refractivity contribution is 0.485. The number of halogens is 1. The van der Waals surface area contributed by atoms with Gasteiger partial charge in [-0.3, -0.25) is 4.72 Å². The highest BCUT2D eigenvalue weighted by molar-refractivity contribution is 14.1. The summed E-state index contributed by atoms with van der Waals surface area (Å²) >= 11 is 4.25. The molecule has 0 spiro atoms. The van der Waals surface area contributed by atoms with E-state index in [-0.39, 0.29) is 0 Å². The first kappa shape index (κ1) is 10.7. The van der Waals surface area contributed by atoms with Gasteiger partial charge in [0.15, 0.2) is 0 Å². The van der Waals surface area contributed by atoms with Gasteiger partial charge in [-0.25, -0.2) is 0 Å². The molecule has 1 fully saturated rings. The first-order valence-corrected chi connectivity index (χ1v) is 6.75. The summed E-state index contributed by atoms with van der Waals surface area (Å²) in [6.07, 6.45) is 0. The molecule has 1 heterocycles. The van der Waals surface area contributed by atoms with Crippen molar-refractivity contribution < 1.29 is 0 Å². The van der Waals surface area contributed by atoms with Gasteiger partial charge in [0, 0.05) is 12.0 Å². The van der Waals surface area contributed by atoms with Crippen molar-refractivity contribution in [1.82, 2.24) is 4.72 Å². The summed E-state index contributed by atoms with van der Waals surface area (Å²) in [6.45, 7) is 0.743. The van der Waals surface area contributed by atoms with Crippen LogP contribution < -0.4 is 10.5 Å². The Labute approximate surface area is 102 Å². The van der Waals surface area contributed by atoms with Crippen molar-refractivity contribution in [3.8, 4) is 0 Å². The van der Waals surface area contributed by atoms with Crippen LogP contribution in [-0.2, 0) is 0 Å². The third kappa shape index (κ3) is 2.08.